The smallest absolute Gasteiger partial charge is 0.262 e. The first-order chi connectivity index (χ1) is 15.9. The molecule has 1 atom stereocenters. The summed E-state index contributed by atoms with van der Waals surface area (Å²) in [7, 11) is 1.62. The Kier molecular flexibility index (Phi) is 5.02. The van der Waals surface area contributed by atoms with Crippen molar-refractivity contribution in [1.29, 1.82) is 0 Å². The summed E-state index contributed by atoms with van der Waals surface area (Å²) in [6.45, 7) is 0.425. The number of aliphatic hydroxyl groups is 1. The molecule has 1 amide bonds. The van der Waals surface area contributed by atoms with Crippen LogP contribution in [-0.2, 0) is 10.4 Å². The Bertz CT molecular complexity index is 1340. The minimum Gasteiger partial charge on any atom is -0.373 e. The molecule has 1 saturated heterocycles. The molecule has 1 aliphatic rings. The van der Waals surface area contributed by atoms with Gasteiger partial charge in [0.15, 0.2) is 5.76 Å². The van der Waals surface area contributed by atoms with E-state index in [-0.39, 0.29) is 18.1 Å². The molecular formula is C22H18FN7O3. The lowest BCUT2D eigenvalue weighted by Gasteiger charge is -2.16. The predicted octanol–water partition coefficient (Wildman–Crippen LogP) is 2.52. The number of hydrogen-bond donors (Lipinski definition) is 2. The van der Waals surface area contributed by atoms with E-state index in [1.165, 1.54) is 23.2 Å². The molecule has 0 bridgehead atoms. The van der Waals surface area contributed by atoms with Gasteiger partial charge in [-0.25, -0.2) is 19.3 Å². The molecule has 0 spiro atoms. The van der Waals surface area contributed by atoms with Gasteiger partial charge in [-0.15, -0.1) is 0 Å². The first kappa shape index (κ1) is 20.6. The van der Waals surface area contributed by atoms with E-state index in [1.54, 1.807) is 37.5 Å². The van der Waals surface area contributed by atoms with Crippen molar-refractivity contribution in [3.05, 3.63) is 66.6 Å². The molecule has 1 aliphatic heterocycles. The second kappa shape index (κ2) is 8.02. The molecule has 0 saturated carbocycles. The summed E-state index contributed by atoms with van der Waals surface area (Å²) in [6, 6.07) is 9.77. The van der Waals surface area contributed by atoms with Gasteiger partial charge < -0.3 is 19.8 Å². The van der Waals surface area contributed by atoms with Crippen LogP contribution in [0.5, 0.6) is 0 Å². The molecule has 33 heavy (non-hydrogen) atoms. The molecule has 5 rings (SSSR count). The zero-order valence-electron chi connectivity index (χ0n) is 17.4. The molecule has 10 nitrogen and oxygen atoms in total. The molecule has 4 aromatic heterocycles. The van der Waals surface area contributed by atoms with Crippen LogP contribution >= 0.6 is 0 Å². The number of hydrogen-bond acceptors (Lipinski definition) is 9. The highest BCUT2D eigenvalue weighted by Gasteiger charge is 2.48. The van der Waals surface area contributed by atoms with Crippen molar-refractivity contribution in [3.63, 3.8) is 0 Å². The van der Waals surface area contributed by atoms with Crippen molar-refractivity contribution in [2.75, 3.05) is 18.9 Å². The minimum absolute atomic E-state index is 0.0799. The molecular weight excluding hydrogens is 429 g/mol. The lowest BCUT2D eigenvalue weighted by Crippen LogP contribution is -2.35. The molecule has 166 valence electrons. The first-order valence-corrected chi connectivity index (χ1v) is 10.1. The van der Waals surface area contributed by atoms with Crippen molar-refractivity contribution in [2.45, 2.75) is 12.0 Å². The highest BCUT2D eigenvalue weighted by atomic mass is 19.1. The number of pyridine rings is 2. The Balaban J connectivity index is 1.42. The second-order valence-corrected chi connectivity index (χ2v) is 7.60. The molecule has 5 heterocycles. The number of amides is 1. The number of nitrogens with one attached hydrogen (secondary N) is 1. The van der Waals surface area contributed by atoms with Gasteiger partial charge in [-0.1, -0.05) is 11.2 Å². The third-order valence-electron chi connectivity index (χ3n) is 5.32. The van der Waals surface area contributed by atoms with Crippen LogP contribution in [0.3, 0.4) is 0 Å². The fourth-order valence-corrected chi connectivity index (χ4v) is 3.56. The summed E-state index contributed by atoms with van der Waals surface area (Å²) in [5, 5.41) is 17.7. The number of aromatic nitrogens is 5. The van der Waals surface area contributed by atoms with Gasteiger partial charge in [-0.2, -0.15) is 0 Å². The second-order valence-electron chi connectivity index (χ2n) is 7.60. The van der Waals surface area contributed by atoms with Gasteiger partial charge in [0, 0.05) is 38.3 Å². The summed E-state index contributed by atoms with van der Waals surface area (Å²) in [6.07, 6.45) is 4.34. The van der Waals surface area contributed by atoms with Gasteiger partial charge in [0.1, 0.15) is 11.5 Å². The van der Waals surface area contributed by atoms with Gasteiger partial charge in [0.2, 0.25) is 11.5 Å². The van der Waals surface area contributed by atoms with Crippen LogP contribution in [0.2, 0.25) is 0 Å². The van der Waals surface area contributed by atoms with Crippen molar-refractivity contribution >= 4 is 17.5 Å². The fraction of sp³-hybridized carbons (Fsp3) is 0.182. The van der Waals surface area contributed by atoms with E-state index in [0.29, 0.717) is 35.0 Å². The SMILES string of the molecule is CN1CC[C@@](O)(c2cc(-c3cccc(-c4ccnc(Nc5cncc(F)c5)n4)n3)no2)C1=O. The largest absolute Gasteiger partial charge is 0.373 e. The molecule has 0 aliphatic carbocycles. The number of anilines is 2. The average Bonchev–Trinajstić information content (AvgIpc) is 3.42. The first-order valence-electron chi connectivity index (χ1n) is 10.1. The summed E-state index contributed by atoms with van der Waals surface area (Å²) < 4.78 is 18.7. The lowest BCUT2D eigenvalue weighted by atomic mass is 9.98. The van der Waals surface area contributed by atoms with Gasteiger partial charge >= 0.3 is 0 Å². The zero-order valence-corrected chi connectivity index (χ0v) is 17.4. The molecule has 11 heteroatoms. The van der Waals surface area contributed by atoms with Gasteiger partial charge in [0.05, 0.1) is 35.2 Å². The standard InChI is InChI=1S/C22H18FN7O3/c1-30-8-6-22(32,20(30)31)19-10-18(29-33-19)16-4-2-3-15(27-16)17-5-7-25-21(28-17)26-14-9-13(23)11-24-12-14/h2-5,7,9-12,32H,6,8H2,1H3,(H,25,26,28)/t22-/m1/s1. The Morgan fingerprint density at radius 2 is 1.91 bits per heavy atom. The topological polar surface area (TPSA) is 130 Å². The highest BCUT2D eigenvalue weighted by molar-refractivity contribution is 5.87. The van der Waals surface area contributed by atoms with Gasteiger partial charge in [0.25, 0.3) is 5.91 Å². The van der Waals surface area contributed by atoms with E-state index in [0.717, 1.165) is 6.20 Å². The van der Waals surface area contributed by atoms with E-state index >= 15 is 0 Å². The summed E-state index contributed by atoms with van der Waals surface area (Å²) in [5.74, 6) is -0.576. The maximum atomic E-state index is 13.4. The third-order valence-corrected chi connectivity index (χ3v) is 5.32. The summed E-state index contributed by atoms with van der Waals surface area (Å²) >= 11 is 0. The lowest BCUT2D eigenvalue weighted by molar-refractivity contribution is -0.144. The van der Waals surface area contributed by atoms with Crippen LogP contribution in [0, 0.1) is 5.82 Å². The Morgan fingerprint density at radius 1 is 1.12 bits per heavy atom. The van der Waals surface area contributed by atoms with Crippen LogP contribution in [0.15, 0.2) is 59.5 Å². The van der Waals surface area contributed by atoms with E-state index in [9.17, 15) is 14.3 Å². The predicted molar refractivity (Wildman–Crippen MR) is 114 cm³/mol. The summed E-state index contributed by atoms with van der Waals surface area (Å²) in [5.41, 5.74) is 0.600. The normalized spacial score (nSPS) is 18.0. The van der Waals surface area contributed by atoms with Crippen LogP contribution in [0.25, 0.3) is 22.8 Å². The van der Waals surface area contributed by atoms with Crippen LogP contribution in [0.1, 0.15) is 12.2 Å². The maximum Gasteiger partial charge on any atom is 0.262 e. The minimum atomic E-state index is -1.73. The Morgan fingerprint density at radius 3 is 2.67 bits per heavy atom. The number of likely N-dealkylation sites (N-methyl/N-ethyl adjacent to an activating group) is 1. The number of halogens is 1. The van der Waals surface area contributed by atoms with E-state index in [1.807, 2.05) is 0 Å². The van der Waals surface area contributed by atoms with Crippen molar-refractivity contribution in [2.24, 2.45) is 0 Å². The Hall–Kier alpha value is -4.25. The number of carbonyl (C=O) groups excluding carboxylic acids is 1. The highest BCUT2D eigenvalue weighted by Crippen LogP contribution is 2.34. The Labute approximate surface area is 187 Å². The number of carbonyl (C=O) groups is 1. The van der Waals surface area contributed by atoms with E-state index in [4.69, 9.17) is 4.52 Å². The molecule has 2 N–H and O–H groups in total. The monoisotopic (exact) mass is 447 g/mol. The van der Waals surface area contributed by atoms with Crippen molar-refractivity contribution < 1.29 is 18.8 Å². The number of likely N-dealkylation sites (tertiary alicyclic amines) is 1. The third kappa shape index (κ3) is 3.89. The average molecular weight is 447 g/mol. The zero-order chi connectivity index (χ0) is 23.0. The van der Waals surface area contributed by atoms with Crippen LogP contribution < -0.4 is 5.32 Å². The fourth-order valence-electron chi connectivity index (χ4n) is 3.56. The van der Waals surface area contributed by atoms with E-state index < -0.39 is 17.3 Å². The molecule has 0 aromatic carbocycles. The van der Waals surface area contributed by atoms with E-state index in [2.05, 4.69) is 30.4 Å². The van der Waals surface area contributed by atoms with Crippen LogP contribution in [-0.4, -0.2) is 54.6 Å². The molecule has 0 radical (unpaired) electrons. The van der Waals surface area contributed by atoms with Crippen LogP contribution in [0.4, 0.5) is 16.0 Å². The number of nitrogens with zero attached hydrogens (tertiary/aromatic N) is 6. The molecule has 1 fully saturated rings. The number of rotatable bonds is 5. The summed E-state index contributed by atoms with van der Waals surface area (Å²) in [4.78, 5) is 30.7. The van der Waals surface area contributed by atoms with Crippen molar-refractivity contribution in [3.8, 4) is 22.8 Å². The van der Waals surface area contributed by atoms with Gasteiger partial charge in [-0.05, 0) is 18.2 Å². The van der Waals surface area contributed by atoms with Gasteiger partial charge in [-0.3, -0.25) is 9.78 Å². The molecule has 0 unspecified atom stereocenters. The molecule has 4 aromatic rings. The maximum absolute atomic E-state index is 13.4. The van der Waals surface area contributed by atoms with Crippen molar-refractivity contribution in [1.82, 2.24) is 30.0 Å². The quantitative estimate of drug-likeness (QED) is 0.474.